The standard InChI is InChI=1S/C14H14ClN3O2/c15-9-3-8(10-5-12(16)18-17-10)4-11-13(9)20-7-14(1-2-14)6-19-11/h3-5H,1-2,6-7H2,(H3,16,17,18). The van der Waals surface area contributed by atoms with Crippen LogP contribution in [0.25, 0.3) is 11.3 Å². The first-order valence-corrected chi connectivity index (χ1v) is 6.93. The molecule has 0 amide bonds. The lowest BCUT2D eigenvalue weighted by molar-refractivity contribution is 0.197. The van der Waals surface area contributed by atoms with Crippen molar-refractivity contribution in [2.75, 3.05) is 18.9 Å². The van der Waals surface area contributed by atoms with Gasteiger partial charge in [-0.2, -0.15) is 5.10 Å². The first-order chi connectivity index (χ1) is 9.65. The SMILES string of the molecule is Nc1cc(-c2cc(Cl)c3c(c2)OCC2(CC2)CO3)[nH]n1. The van der Waals surface area contributed by atoms with E-state index in [0.29, 0.717) is 35.6 Å². The van der Waals surface area contributed by atoms with Crippen molar-refractivity contribution in [1.29, 1.82) is 0 Å². The van der Waals surface area contributed by atoms with Crippen LogP contribution in [0.5, 0.6) is 11.5 Å². The highest BCUT2D eigenvalue weighted by atomic mass is 35.5. The molecule has 2 heterocycles. The van der Waals surface area contributed by atoms with Crippen LogP contribution < -0.4 is 15.2 Å². The monoisotopic (exact) mass is 291 g/mol. The normalized spacial score (nSPS) is 18.9. The summed E-state index contributed by atoms with van der Waals surface area (Å²) in [5, 5.41) is 7.34. The maximum absolute atomic E-state index is 6.32. The van der Waals surface area contributed by atoms with E-state index in [4.69, 9.17) is 26.8 Å². The van der Waals surface area contributed by atoms with Gasteiger partial charge in [0.25, 0.3) is 0 Å². The Bertz CT molecular complexity index is 679. The van der Waals surface area contributed by atoms with Crippen LogP contribution in [0.2, 0.25) is 5.02 Å². The van der Waals surface area contributed by atoms with E-state index in [0.717, 1.165) is 24.1 Å². The zero-order valence-corrected chi connectivity index (χ0v) is 11.5. The van der Waals surface area contributed by atoms with E-state index in [9.17, 15) is 0 Å². The van der Waals surface area contributed by atoms with Crippen LogP contribution >= 0.6 is 11.6 Å². The highest BCUT2D eigenvalue weighted by Gasteiger charge is 2.46. The average molecular weight is 292 g/mol. The molecule has 0 radical (unpaired) electrons. The minimum Gasteiger partial charge on any atom is -0.489 e. The van der Waals surface area contributed by atoms with Gasteiger partial charge in [-0.3, -0.25) is 5.10 Å². The van der Waals surface area contributed by atoms with Crippen molar-refractivity contribution < 1.29 is 9.47 Å². The molecule has 0 bridgehead atoms. The highest BCUT2D eigenvalue weighted by molar-refractivity contribution is 6.32. The molecule has 1 spiro atoms. The number of nitrogens with two attached hydrogens (primary N) is 1. The van der Waals surface area contributed by atoms with Gasteiger partial charge in [0.1, 0.15) is 5.82 Å². The zero-order valence-electron chi connectivity index (χ0n) is 10.8. The summed E-state index contributed by atoms with van der Waals surface area (Å²) >= 11 is 6.32. The molecule has 0 saturated heterocycles. The summed E-state index contributed by atoms with van der Waals surface area (Å²) in [5.41, 5.74) is 7.51. The summed E-state index contributed by atoms with van der Waals surface area (Å²) in [4.78, 5) is 0. The van der Waals surface area contributed by atoms with Crippen LogP contribution in [0, 0.1) is 5.41 Å². The quantitative estimate of drug-likeness (QED) is 0.847. The molecule has 0 atom stereocenters. The third kappa shape index (κ3) is 1.89. The Hall–Kier alpha value is -1.88. The Morgan fingerprint density at radius 2 is 2.00 bits per heavy atom. The fourth-order valence-electron chi connectivity index (χ4n) is 2.42. The zero-order chi connectivity index (χ0) is 13.7. The fraction of sp³-hybridized carbons (Fsp3) is 0.357. The van der Waals surface area contributed by atoms with Crippen molar-refractivity contribution in [2.24, 2.45) is 5.41 Å². The molecule has 104 valence electrons. The number of nitrogens with one attached hydrogen (secondary N) is 1. The van der Waals surface area contributed by atoms with Gasteiger partial charge in [0, 0.05) is 17.0 Å². The van der Waals surface area contributed by atoms with Crippen LogP contribution in [-0.4, -0.2) is 23.4 Å². The maximum atomic E-state index is 6.32. The predicted molar refractivity (Wildman–Crippen MR) is 76.1 cm³/mol. The Labute approximate surface area is 121 Å². The number of nitrogens with zero attached hydrogens (tertiary/aromatic N) is 1. The van der Waals surface area contributed by atoms with Crippen molar-refractivity contribution in [3.8, 4) is 22.8 Å². The van der Waals surface area contributed by atoms with Crippen LogP contribution in [-0.2, 0) is 0 Å². The molecule has 1 aromatic carbocycles. The first kappa shape index (κ1) is 11.9. The van der Waals surface area contributed by atoms with Gasteiger partial charge in [-0.05, 0) is 25.0 Å². The third-order valence-corrected chi connectivity index (χ3v) is 4.21. The second-order valence-electron chi connectivity index (χ2n) is 5.57. The number of aromatic amines is 1. The maximum Gasteiger partial charge on any atom is 0.179 e. The summed E-state index contributed by atoms with van der Waals surface area (Å²) in [6.45, 7) is 1.36. The average Bonchev–Trinajstić information content (AvgIpc) is 3.12. The van der Waals surface area contributed by atoms with Crippen LogP contribution in [0.1, 0.15) is 12.8 Å². The van der Waals surface area contributed by atoms with Gasteiger partial charge in [0.2, 0.25) is 0 Å². The summed E-state index contributed by atoms with van der Waals surface area (Å²) in [5.74, 6) is 1.76. The Morgan fingerprint density at radius 1 is 1.20 bits per heavy atom. The molecule has 3 N–H and O–H groups in total. The third-order valence-electron chi connectivity index (χ3n) is 3.93. The molecule has 5 nitrogen and oxygen atoms in total. The number of anilines is 1. The number of ether oxygens (including phenoxy) is 2. The van der Waals surface area contributed by atoms with E-state index in [1.54, 1.807) is 6.07 Å². The van der Waals surface area contributed by atoms with Crippen molar-refractivity contribution in [1.82, 2.24) is 10.2 Å². The Balaban J connectivity index is 1.75. The van der Waals surface area contributed by atoms with E-state index >= 15 is 0 Å². The van der Waals surface area contributed by atoms with E-state index in [2.05, 4.69) is 10.2 Å². The molecule has 0 unspecified atom stereocenters. The molecule has 20 heavy (non-hydrogen) atoms. The van der Waals surface area contributed by atoms with Gasteiger partial charge >= 0.3 is 0 Å². The summed E-state index contributed by atoms with van der Waals surface area (Å²) < 4.78 is 11.7. The molecule has 2 aliphatic rings. The molecule has 4 rings (SSSR count). The van der Waals surface area contributed by atoms with E-state index in [-0.39, 0.29) is 5.41 Å². The number of benzene rings is 1. The number of aromatic nitrogens is 2. The van der Waals surface area contributed by atoms with Gasteiger partial charge < -0.3 is 15.2 Å². The minimum absolute atomic E-state index is 0.195. The largest absolute Gasteiger partial charge is 0.489 e. The molecular formula is C14H14ClN3O2. The lowest BCUT2D eigenvalue weighted by atomic mass is 10.1. The lowest BCUT2D eigenvalue weighted by Gasteiger charge is -2.10. The number of hydrogen-bond acceptors (Lipinski definition) is 4. The molecule has 1 aliphatic carbocycles. The van der Waals surface area contributed by atoms with Gasteiger partial charge in [0.05, 0.1) is 23.9 Å². The highest BCUT2D eigenvalue weighted by Crippen LogP contribution is 2.50. The predicted octanol–water partition coefficient (Wildman–Crippen LogP) is 2.86. The Morgan fingerprint density at radius 3 is 2.70 bits per heavy atom. The molecule has 6 heteroatoms. The van der Waals surface area contributed by atoms with E-state index in [1.807, 2.05) is 12.1 Å². The molecule has 1 aromatic heterocycles. The topological polar surface area (TPSA) is 73.2 Å². The number of halogens is 1. The van der Waals surface area contributed by atoms with Gasteiger partial charge in [-0.15, -0.1) is 0 Å². The lowest BCUT2D eigenvalue weighted by Crippen LogP contribution is -2.17. The smallest absolute Gasteiger partial charge is 0.179 e. The first-order valence-electron chi connectivity index (χ1n) is 6.56. The molecular weight excluding hydrogens is 278 g/mol. The number of fused-ring (bicyclic) bond motifs is 1. The number of H-pyrrole nitrogens is 1. The molecule has 1 aliphatic heterocycles. The van der Waals surface area contributed by atoms with Crippen molar-refractivity contribution in [3.05, 3.63) is 23.2 Å². The van der Waals surface area contributed by atoms with Gasteiger partial charge in [-0.1, -0.05) is 11.6 Å². The Kier molecular flexibility index (Phi) is 2.41. The molecule has 2 aromatic rings. The van der Waals surface area contributed by atoms with Crippen molar-refractivity contribution >= 4 is 17.4 Å². The summed E-state index contributed by atoms with van der Waals surface area (Å²) in [6, 6.07) is 5.51. The van der Waals surface area contributed by atoms with E-state index < -0.39 is 0 Å². The van der Waals surface area contributed by atoms with Crippen molar-refractivity contribution in [3.63, 3.8) is 0 Å². The molecule has 1 fully saturated rings. The van der Waals surface area contributed by atoms with Gasteiger partial charge in [-0.25, -0.2) is 0 Å². The van der Waals surface area contributed by atoms with Crippen LogP contribution in [0.4, 0.5) is 5.82 Å². The number of nitrogen functional groups attached to an aromatic ring is 1. The second kappa shape index (κ2) is 4.06. The summed E-state index contributed by atoms with van der Waals surface area (Å²) in [7, 11) is 0. The number of hydrogen-bond donors (Lipinski definition) is 2. The minimum atomic E-state index is 0.195. The fourth-order valence-corrected chi connectivity index (χ4v) is 2.68. The molecule has 1 saturated carbocycles. The summed E-state index contributed by atoms with van der Waals surface area (Å²) in [6.07, 6.45) is 2.31. The van der Waals surface area contributed by atoms with Crippen LogP contribution in [0.3, 0.4) is 0 Å². The number of rotatable bonds is 1. The van der Waals surface area contributed by atoms with Crippen LogP contribution in [0.15, 0.2) is 18.2 Å². The van der Waals surface area contributed by atoms with E-state index in [1.165, 1.54) is 0 Å². The van der Waals surface area contributed by atoms with Gasteiger partial charge in [0.15, 0.2) is 11.5 Å². The second-order valence-corrected chi connectivity index (χ2v) is 5.98. The van der Waals surface area contributed by atoms with Crippen molar-refractivity contribution in [2.45, 2.75) is 12.8 Å².